The van der Waals surface area contributed by atoms with Gasteiger partial charge >= 0.3 is 0 Å². The minimum absolute atomic E-state index is 0.146. The van der Waals surface area contributed by atoms with Crippen LogP contribution in [-0.4, -0.2) is 52.0 Å². The second kappa shape index (κ2) is 9.99. The predicted molar refractivity (Wildman–Crippen MR) is 163 cm³/mol. The van der Waals surface area contributed by atoms with Crippen LogP contribution in [0.3, 0.4) is 0 Å². The van der Waals surface area contributed by atoms with Gasteiger partial charge < -0.3 is 19.5 Å². The summed E-state index contributed by atoms with van der Waals surface area (Å²) in [6.07, 6.45) is 1.64. The number of methoxy groups -OCH3 is 1. The Morgan fingerprint density at radius 2 is 1.81 bits per heavy atom. The van der Waals surface area contributed by atoms with Crippen molar-refractivity contribution in [3.63, 3.8) is 0 Å². The highest BCUT2D eigenvalue weighted by Crippen LogP contribution is 2.55. The van der Waals surface area contributed by atoms with Gasteiger partial charge in [-0.2, -0.15) is 4.98 Å². The topological polar surface area (TPSA) is 105 Å². The largest absolute Gasteiger partial charge is 0.480 e. The second-order valence-corrected chi connectivity index (χ2v) is 11.5. The molecule has 216 valence electrons. The van der Waals surface area contributed by atoms with Crippen LogP contribution in [0.1, 0.15) is 54.1 Å². The minimum Gasteiger partial charge on any atom is -0.480 e. The molecule has 2 amide bonds. The molecule has 0 bridgehead atoms. The molecule has 2 aliphatic rings. The van der Waals surface area contributed by atoms with Crippen LogP contribution in [0.25, 0.3) is 11.4 Å². The third-order valence-corrected chi connectivity index (χ3v) is 8.33. The van der Waals surface area contributed by atoms with E-state index >= 15 is 0 Å². The molecule has 2 aromatic carbocycles. The highest BCUT2D eigenvalue weighted by atomic mass is 35.5. The number of hydrogen-bond donors (Lipinski definition) is 1. The molecule has 4 heterocycles. The number of anilines is 3. The van der Waals surface area contributed by atoms with E-state index in [1.165, 1.54) is 12.0 Å². The number of amides is 2. The standard InChI is InChI=1S/C30H29Cl2N7O3/c1-7-37(5)29-33-14-19(26(36-29)42-6)25-35-23-24(38(25)15(2)3)30(20-11-10-17(31)12-21(20)34-28(30)41)39(27(23)40)22-13-18(32)9-8-16(22)4/h8-15H,7H2,1-6H3,(H,34,41)/t30-/m0/s1. The van der Waals surface area contributed by atoms with Gasteiger partial charge in [-0.1, -0.05) is 35.3 Å². The molecule has 1 atom stereocenters. The molecule has 0 unspecified atom stereocenters. The molecule has 0 saturated heterocycles. The summed E-state index contributed by atoms with van der Waals surface area (Å²) in [6.45, 7) is 8.51. The molecule has 2 aliphatic heterocycles. The Kier molecular flexibility index (Phi) is 6.66. The van der Waals surface area contributed by atoms with Gasteiger partial charge in [0.1, 0.15) is 5.82 Å². The van der Waals surface area contributed by atoms with E-state index in [0.29, 0.717) is 62.4 Å². The van der Waals surface area contributed by atoms with E-state index in [1.54, 1.807) is 36.5 Å². The van der Waals surface area contributed by atoms with Gasteiger partial charge in [0, 0.05) is 47.1 Å². The number of rotatable bonds is 6. The summed E-state index contributed by atoms with van der Waals surface area (Å²) in [5.74, 6) is 0.379. The van der Waals surface area contributed by atoms with Crippen molar-refractivity contribution in [1.82, 2.24) is 19.5 Å². The number of aryl methyl sites for hydroxylation is 1. The van der Waals surface area contributed by atoms with Crippen LogP contribution < -0.4 is 19.9 Å². The average Bonchev–Trinajstić information content (AvgIpc) is 3.57. The summed E-state index contributed by atoms with van der Waals surface area (Å²) in [7, 11) is 3.41. The average molecular weight is 607 g/mol. The maximum atomic E-state index is 14.5. The number of ether oxygens (including phenoxy) is 1. The molecule has 1 N–H and O–H groups in total. The van der Waals surface area contributed by atoms with Crippen LogP contribution in [0.2, 0.25) is 10.0 Å². The molecule has 1 spiro atoms. The van der Waals surface area contributed by atoms with Crippen molar-refractivity contribution in [1.29, 1.82) is 0 Å². The zero-order valence-corrected chi connectivity index (χ0v) is 25.5. The monoisotopic (exact) mass is 605 g/mol. The highest BCUT2D eigenvalue weighted by Gasteiger charge is 2.64. The number of fused-ring (bicyclic) bond motifs is 4. The fraction of sp³-hybridized carbons (Fsp3) is 0.300. The van der Waals surface area contributed by atoms with Crippen LogP contribution in [0.15, 0.2) is 42.6 Å². The smallest absolute Gasteiger partial charge is 0.280 e. The maximum absolute atomic E-state index is 14.5. The molecular weight excluding hydrogens is 577 g/mol. The Bertz CT molecular complexity index is 1790. The van der Waals surface area contributed by atoms with E-state index in [0.717, 1.165) is 5.56 Å². The summed E-state index contributed by atoms with van der Waals surface area (Å²) in [4.78, 5) is 46.4. The second-order valence-electron chi connectivity index (χ2n) is 10.6. The molecule has 0 aliphatic carbocycles. The van der Waals surface area contributed by atoms with Crippen molar-refractivity contribution in [3.8, 4) is 17.3 Å². The van der Waals surface area contributed by atoms with Gasteiger partial charge in [0.15, 0.2) is 11.2 Å². The number of carbonyl (C=O) groups is 2. The molecule has 0 radical (unpaired) electrons. The number of halogens is 2. The van der Waals surface area contributed by atoms with Crippen LogP contribution in [-0.2, 0) is 10.3 Å². The third kappa shape index (κ3) is 3.81. The van der Waals surface area contributed by atoms with Crippen LogP contribution >= 0.6 is 23.2 Å². The summed E-state index contributed by atoms with van der Waals surface area (Å²) in [5.41, 5.74) is 1.87. The molecule has 4 aromatic rings. The van der Waals surface area contributed by atoms with Crippen molar-refractivity contribution >= 4 is 52.3 Å². The predicted octanol–water partition coefficient (Wildman–Crippen LogP) is 5.86. The SMILES string of the molecule is CCN(C)c1ncc(-c2nc3c(n2C(C)C)[C@@]2(C(=O)Nc4cc(Cl)ccc42)N(c2cc(Cl)ccc2C)C3=O)c(OC)n1. The molecular formula is C30H29Cl2N7O3. The lowest BCUT2D eigenvalue weighted by Crippen LogP contribution is -2.51. The molecule has 0 saturated carbocycles. The molecule has 10 nitrogen and oxygen atoms in total. The van der Waals surface area contributed by atoms with Gasteiger partial charge in [-0.05, 0) is 57.5 Å². The Morgan fingerprint density at radius 3 is 2.50 bits per heavy atom. The first-order chi connectivity index (χ1) is 20.0. The number of benzene rings is 2. The first-order valence-electron chi connectivity index (χ1n) is 13.5. The number of imidazole rings is 1. The van der Waals surface area contributed by atoms with Gasteiger partial charge in [0.05, 0.1) is 24.1 Å². The van der Waals surface area contributed by atoms with E-state index in [2.05, 4.69) is 15.3 Å². The fourth-order valence-corrected chi connectivity index (χ4v) is 6.16. The Morgan fingerprint density at radius 1 is 1.10 bits per heavy atom. The van der Waals surface area contributed by atoms with Crippen molar-refractivity contribution < 1.29 is 14.3 Å². The number of nitrogens with zero attached hydrogens (tertiary/aromatic N) is 6. The quantitative estimate of drug-likeness (QED) is 0.293. The third-order valence-electron chi connectivity index (χ3n) is 7.86. The maximum Gasteiger partial charge on any atom is 0.280 e. The summed E-state index contributed by atoms with van der Waals surface area (Å²) >= 11 is 12.8. The first kappa shape index (κ1) is 28.0. The van der Waals surface area contributed by atoms with Gasteiger partial charge in [0.2, 0.25) is 11.8 Å². The molecule has 6 rings (SSSR count). The van der Waals surface area contributed by atoms with Gasteiger partial charge in [-0.3, -0.25) is 14.5 Å². The Balaban J connectivity index is 1.70. The first-order valence-corrected chi connectivity index (χ1v) is 14.3. The van der Waals surface area contributed by atoms with E-state index < -0.39 is 17.4 Å². The molecule has 12 heteroatoms. The zero-order valence-electron chi connectivity index (χ0n) is 24.0. The van der Waals surface area contributed by atoms with Gasteiger partial charge in [0.25, 0.3) is 11.8 Å². The zero-order chi connectivity index (χ0) is 30.1. The molecule has 42 heavy (non-hydrogen) atoms. The van der Waals surface area contributed by atoms with Crippen LogP contribution in [0.4, 0.5) is 17.3 Å². The lowest BCUT2D eigenvalue weighted by Gasteiger charge is -2.36. The Labute approximate surface area is 253 Å². The molecule has 0 fully saturated rings. The van der Waals surface area contributed by atoms with E-state index in [1.807, 2.05) is 50.3 Å². The lowest BCUT2D eigenvalue weighted by molar-refractivity contribution is -0.119. The number of nitrogens with one attached hydrogen (secondary N) is 1. The van der Waals surface area contributed by atoms with Crippen LogP contribution in [0, 0.1) is 6.92 Å². The summed E-state index contributed by atoms with van der Waals surface area (Å²) in [6, 6.07) is 10.2. The minimum atomic E-state index is -1.59. The van der Waals surface area contributed by atoms with Crippen molar-refractivity contribution in [2.75, 3.05) is 35.8 Å². The van der Waals surface area contributed by atoms with Crippen molar-refractivity contribution in [2.24, 2.45) is 0 Å². The fourth-order valence-electron chi connectivity index (χ4n) is 5.82. The number of aromatic nitrogens is 4. The number of hydrogen-bond acceptors (Lipinski definition) is 7. The summed E-state index contributed by atoms with van der Waals surface area (Å²) < 4.78 is 7.59. The van der Waals surface area contributed by atoms with Crippen molar-refractivity contribution in [3.05, 3.63) is 75.2 Å². The van der Waals surface area contributed by atoms with E-state index in [9.17, 15) is 9.59 Å². The number of carbonyl (C=O) groups excluding carboxylic acids is 2. The van der Waals surface area contributed by atoms with Gasteiger partial charge in [-0.15, -0.1) is 0 Å². The summed E-state index contributed by atoms with van der Waals surface area (Å²) in [5, 5.41) is 3.88. The Hall–Kier alpha value is -4.15. The lowest BCUT2D eigenvalue weighted by atomic mass is 9.86. The van der Waals surface area contributed by atoms with Crippen molar-refractivity contribution in [2.45, 2.75) is 39.3 Å². The van der Waals surface area contributed by atoms with E-state index in [-0.39, 0.29) is 11.7 Å². The molecule has 2 aromatic heterocycles. The highest BCUT2D eigenvalue weighted by molar-refractivity contribution is 6.32. The van der Waals surface area contributed by atoms with E-state index in [4.69, 9.17) is 32.9 Å². The van der Waals surface area contributed by atoms with Gasteiger partial charge in [-0.25, -0.2) is 9.97 Å². The van der Waals surface area contributed by atoms with Crippen LogP contribution in [0.5, 0.6) is 5.88 Å². The normalized spacial score (nSPS) is 17.2.